The van der Waals surface area contributed by atoms with Crippen molar-refractivity contribution in [3.63, 3.8) is 0 Å². The Morgan fingerprint density at radius 1 is 1.35 bits per heavy atom. The monoisotopic (exact) mass is 299 g/mol. The molecule has 0 amide bonds. The molecule has 3 heteroatoms. The summed E-state index contributed by atoms with van der Waals surface area (Å²) in [7, 11) is 1.72. The van der Waals surface area contributed by atoms with Gasteiger partial charge >= 0.3 is 0 Å². The molecule has 0 aromatic heterocycles. The van der Waals surface area contributed by atoms with Crippen LogP contribution in [0.2, 0.25) is 0 Å². The fraction of sp³-hybridized carbons (Fsp3) is 0.571. The van der Waals surface area contributed by atoms with E-state index in [4.69, 9.17) is 4.74 Å². The molecule has 0 fully saturated rings. The van der Waals surface area contributed by atoms with Crippen LogP contribution in [0.4, 0.5) is 0 Å². The van der Waals surface area contributed by atoms with Crippen molar-refractivity contribution in [1.29, 1.82) is 0 Å². The Balaban J connectivity index is 3.18. The number of hydrogen-bond donors (Lipinski definition) is 1. The predicted octanol–water partition coefficient (Wildman–Crippen LogP) is 4.15. The molecule has 2 nitrogen and oxygen atoms in total. The summed E-state index contributed by atoms with van der Waals surface area (Å²) < 4.78 is 6.52. The molecule has 17 heavy (non-hydrogen) atoms. The molecule has 96 valence electrons. The van der Waals surface area contributed by atoms with Gasteiger partial charge in [0.15, 0.2) is 0 Å². The first-order chi connectivity index (χ1) is 7.90. The van der Waals surface area contributed by atoms with Gasteiger partial charge in [-0.2, -0.15) is 0 Å². The van der Waals surface area contributed by atoms with E-state index >= 15 is 0 Å². The van der Waals surface area contributed by atoms with E-state index in [1.165, 1.54) is 5.56 Å². The topological polar surface area (TPSA) is 21.3 Å². The summed E-state index contributed by atoms with van der Waals surface area (Å²) in [6, 6.07) is 6.50. The van der Waals surface area contributed by atoms with Gasteiger partial charge in [0.25, 0.3) is 0 Å². The van der Waals surface area contributed by atoms with E-state index in [2.05, 4.69) is 61.1 Å². The zero-order valence-corrected chi connectivity index (χ0v) is 12.9. The van der Waals surface area contributed by atoms with E-state index in [0.717, 1.165) is 16.8 Å². The lowest BCUT2D eigenvalue weighted by Gasteiger charge is -2.32. The Labute approximate surface area is 113 Å². The first-order valence-electron chi connectivity index (χ1n) is 5.97. The smallest absolute Gasteiger partial charge is 0.124 e. The van der Waals surface area contributed by atoms with Gasteiger partial charge in [-0.25, -0.2) is 0 Å². The van der Waals surface area contributed by atoms with Gasteiger partial charge in [0.1, 0.15) is 5.75 Å². The number of halogens is 1. The van der Waals surface area contributed by atoms with E-state index in [9.17, 15) is 0 Å². The van der Waals surface area contributed by atoms with E-state index in [0.29, 0.717) is 0 Å². The summed E-state index contributed by atoms with van der Waals surface area (Å²) in [4.78, 5) is 0. The van der Waals surface area contributed by atoms with Crippen LogP contribution in [0.3, 0.4) is 0 Å². The molecule has 1 unspecified atom stereocenters. The molecule has 0 aliphatic heterocycles. The predicted molar refractivity (Wildman–Crippen MR) is 76.6 cm³/mol. The van der Waals surface area contributed by atoms with Crippen LogP contribution in [0.1, 0.15) is 39.3 Å². The van der Waals surface area contributed by atoms with Gasteiger partial charge in [-0.05, 0) is 24.1 Å². The van der Waals surface area contributed by atoms with Crippen LogP contribution in [0.5, 0.6) is 5.75 Å². The van der Waals surface area contributed by atoms with Gasteiger partial charge in [-0.15, -0.1) is 0 Å². The number of hydrogen-bond acceptors (Lipinski definition) is 2. The van der Waals surface area contributed by atoms with Crippen molar-refractivity contribution in [1.82, 2.24) is 5.32 Å². The zero-order valence-electron chi connectivity index (χ0n) is 11.3. The highest BCUT2D eigenvalue weighted by atomic mass is 79.9. The van der Waals surface area contributed by atoms with E-state index in [-0.39, 0.29) is 11.5 Å². The zero-order chi connectivity index (χ0) is 13.1. The Kier molecular flexibility index (Phi) is 5.02. The van der Waals surface area contributed by atoms with E-state index in [1.54, 1.807) is 7.11 Å². The maximum Gasteiger partial charge on any atom is 0.124 e. The molecule has 1 rings (SSSR count). The second kappa shape index (κ2) is 5.87. The van der Waals surface area contributed by atoms with Crippen LogP contribution < -0.4 is 10.1 Å². The van der Waals surface area contributed by atoms with Crippen molar-refractivity contribution in [2.75, 3.05) is 13.7 Å². The van der Waals surface area contributed by atoms with Crippen LogP contribution in [0.15, 0.2) is 22.7 Å². The third-order valence-corrected chi connectivity index (χ3v) is 3.27. The van der Waals surface area contributed by atoms with Crippen LogP contribution in [-0.2, 0) is 0 Å². The highest BCUT2D eigenvalue weighted by molar-refractivity contribution is 9.10. The lowest BCUT2D eigenvalue weighted by atomic mass is 9.82. The first-order valence-corrected chi connectivity index (χ1v) is 6.76. The number of methoxy groups -OCH3 is 1. The third kappa shape index (κ3) is 3.71. The van der Waals surface area contributed by atoms with Crippen LogP contribution in [-0.4, -0.2) is 13.7 Å². The van der Waals surface area contributed by atoms with Crippen LogP contribution >= 0.6 is 15.9 Å². The fourth-order valence-electron chi connectivity index (χ4n) is 2.01. The first kappa shape index (κ1) is 14.5. The molecule has 1 aromatic rings. The second-order valence-electron chi connectivity index (χ2n) is 5.24. The fourth-order valence-corrected chi connectivity index (χ4v) is 2.35. The van der Waals surface area contributed by atoms with Gasteiger partial charge < -0.3 is 10.1 Å². The van der Waals surface area contributed by atoms with E-state index < -0.39 is 0 Å². The number of nitrogens with one attached hydrogen (secondary N) is 1. The summed E-state index contributed by atoms with van der Waals surface area (Å²) in [5.74, 6) is 0.931. The summed E-state index contributed by atoms with van der Waals surface area (Å²) in [5.41, 5.74) is 1.36. The van der Waals surface area contributed by atoms with Crippen molar-refractivity contribution < 1.29 is 4.74 Å². The molecule has 1 atom stereocenters. The summed E-state index contributed by atoms with van der Waals surface area (Å²) in [5, 5.41) is 3.54. The van der Waals surface area contributed by atoms with Crippen molar-refractivity contribution in [3.8, 4) is 5.75 Å². The Morgan fingerprint density at radius 2 is 2.00 bits per heavy atom. The molecule has 0 bridgehead atoms. The summed E-state index contributed by atoms with van der Waals surface area (Å²) in [6.45, 7) is 9.79. The van der Waals surface area contributed by atoms with Crippen molar-refractivity contribution in [2.45, 2.75) is 33.7 Å². The lowest BCUT2D eigenvalue weighted by molar-refractivity contribution is 0.268. The van der Waals surface area contributed by atoms with Crippen molar-refractivity contribution in [3.05, 3.63) is 28.2 Å². The SMILES string of the molecule is CCNC(c1ccc(Br)cc1OC)C(C)(C)C. The van der Waals surface area contributed by atoms with Gasteiger partial charge in [0.05, 0.1) is 7.11 Å². The average molecular weight is 300 g/mol. The summed E-state index contributed by atoms with van der Waals surface area (Å²) in [6.07, 6.45) is 0. The minimum atomic E-state index is 0.150. The Morgan fingerprint density at radius 3 is 2.47 bits per heavy atom. The number of rotatable bonds is 4. The average Bonchev–Trinajstić information content (AvgIpc) is 2.25. The van der Waals surface area contributed by atoms with Gasteiger partial charge in [-0.1, -0.05) is 49.7 Å². The highest BCUT2D eigenvalue weighted by Gasteiger charge is 2.27. The second-order valence-corrected chi connectivity index (χ2v) is 6.16. The maximum absolute atomic E-state index is 5.48. The maximum atomic E-state index is 5.48. The molecule has 0 saturated heterocycles. The minimum Gasteiger partial charge on any atom is -0.496 e. The minimum absolute atomic E-state index is 0.150. The molecule has 0 spiro atoms. The third-order valence-electron chi connectivity index (χ3n) is 2.78. The van der Waals surface area contributed by atoms with Gasteiger partial charge in [0.2, 0.25) is 0 Å². The molecule has 0 radical (unpaired) electrons. The highest BCUT2D eigenvalue weighted by Crippen LogP contribution is 2.38. The molecule has 0 saturated carbocycles. The molecule has 1 N–H and O–H groups in total. The number of benzene rings is 1. The molecule has 0 aliphatic rings. The van der Waals surface area contributed by atoms with Crippen molar-refractivity contribution >= 4 is 15.9 Å². The normalized spacial score (nSPS) is 13.5. The van der Waals surface area contributed by atoms with Gasteiger partial charge in [0, 0.05) is 16.1 Å². The van der Waals surface area contributed by atoms with Crippen molar-refractivity contribution in [2.24, 2.45) is 5.41 Å². The number of ether oxygens (including phenoxy) is 1. The van der Waals surface area contributed by atoms with Crippen LogP contribution in [0.25, 0.3) is 0 Å². The van der Waals surface area contributed by atoms with Crippen LogP contribution in [0, 0.1) is 5.41 Å². The summed E-state index contributed by atoms with van der Waals surface area (Å²) >= 11 is 3.48. The standard InChI is InChI=1S/C14H22BrNO/c1-6-16-13(14(2,3)4)11-8-7-10(15)9-12(11)17-5/h7-9,13,16H,6H2,1-5H3. The quantitative estimate of drug-likeness (QED) is 0.901. The Hall–Kier alpha value is -0.540. The largest absolute Gasteiger partial charge is 0.496 e. The molecular formula is C14H22BrNO. The van der Waals surface area contributed by atoms with Gasteiger partial charge in [-0.3, -0.25) is 0 Å². The Bertz CT molecular complexity index is 371. The molecular weight excluding hydrogens is 278 g/mol. The molecule has 0 heterocycles. The molecule has 0 aliphatic carbocycles. The van der Waals surface area contributed by atoms with E-state index in [1.807, 2.05) is 6.07 Å². The lowest BCUT2D eigenvalue weighted by Crippen LogP contribution is -2.32. The molecule has 1 aromatic carbocycles.